The number of nitrogens with two attached hydrogens (primary N) is 1. The van der Waals surface area contributed by atoms with Crippen molar-refractivity contribution in [2.75, 3.05) is 19.9 Å². The molecule has 0 spiro atoms. The number of aromatic nitrogens is 2. The van der Waals surface area contributed by atoms with Crippen molar-refractivity contribution in [3.8, 4) is 0 Å². The minimum Gasteiger partial charge on any atom is -0.400 e. The van der Waals surface area contributed by atoms with Crippen molar-refractivity contribution >= 4 is 16.9 Å². The van der Waals surface area contributed by atoms with Gasteiger partial charge in [-0.25, -0.2) is 4.98 Å². The zero-order valence-electron chi connectivity index (χ0n) is 9.44. The van der Waals surface area contributed by atoms with Crippen LogP contribution in [0.25, 0.3) is 11.0 Å². The van der Waals surface area contributed by atoms with Gasteiger partial charge in [-0.3, -0.25) is 4.98 Å². The lowest BCUT2D eigenvalue weighted by atomic mass is 10.2. The summed E-state index contributed by atoms with van der Waals surface area (Å²) in [5.74, 6) is 0.458. The first-order valence-electron chi connectivity index (χ1n) is 4.90. The Kier molecular flexibility index (Phi) is 4.63. The average Bonchev–Trinajstić information content (AvgIpc) is 2.31. The Bertz CT molecular complexity index is 459. The Hall–Kier alpha value is -1.72. The summed E-state index contributed by atoms with van der Waals surface area (Å²) in [4.78, 5) is 8.38. The summed E-state index contributed by atoms with van der Waals surface area (Å²) in [7, 11) is 2.91. The van der Waals surface area contributed by atoms with E-state index in [4.69, 9.17) is 10.8 Å². The van der Waals surface area contributed by atoms with Crippen molar-refractivity contribution in [3.05, 3.63) is 30.0 Å². The molecule has 2 rings (SSSR count). The van der Waals surface area contributed by atoms with Crippen LogP contribution in [0.2, 0.25) is 0 Å². The monoisotopic (exact) mass is 220 g/mol. The van der Waals surface area contributed by atoms with Gasteiger partial charge in [-0.1, -0.05) is 6.07 Å². The molecule has 0 aliphatic carbocycles. The van der Waals surface area contributed by atoms with E-state index in [0.717, 1.165) is 24.7 Å². The van der Waals surface area contributed by atoms with Crippen molar-refractivity contribution in [3.63, 3.8) is 0 Å². The standard InChI is InChI=1S/C10H12N4.CH4O/c1-12-5-7-2-3-8-9(4-7)14-10(11)6-13-8;1-2/h2-4,6,12H,5H2,1H3,(H2,11,14);2H,1H3. The lowest BCUT2D eigenvalue weighted by molar-refractivity contribution is 0.399. The van der Waals surface area contributed by atoms with Gasteiger partial charge in [0, 0.05) is 13.7 Å². The maximum atomic E-state index is 7.00. The van der Waals surface area contributed by atoms with Crippen molar-refractivity contribution in [1.82, 2.24) is 15.3 Å². The number of aliphatic hydroxyl groups excluding tert-OH is 1. The summed E-state index contributed by atoms with van der Waals surface area (Å²) >= 11 is 0. The highest BCUT2D eigenvalue weighted by atomic mass is 16.2. The largest absolute Gasteiger partial charge is 0.400 e. The molecule has 0 radical (unpaired) electrons. The second-order valence-electron chi connectivity index (χ2n) is 3.15. The number of benzene rings is 1. The number of rotatable bonds is 2. The molecule has 1 heterocycles. The molecule has 4 N–H and O–H groups in total. The highest BCUT2D eigenvalue weighted by Crippen LogP contribution is 2.12. The van der Waals surface area contributed by atoms with Crippen LogP contribution >= 0.6 is 0 Å². The highest BCUT2D eigenvalue weighted by molar-refractivity contribution is 5.75. The smallest absolute Gasteiger partial charge is 0.142 e. The molecule has 0 bridgehead atoms. The van der Waals surface area contributed by atoms with E-state index in [1.165, 1.54) is 5.56 Å². The summed E-state index contributed by atoms with van der Waals surface area (Å²) in [6.07, 6.45) is 1.57. The molecule has 0 aliphatic rings. The number of hydrogen-bond acceptors (Lipinski definition) is 5. The lowest BCUT2D eigenvalue weighted by Gasteiger charge is -2.02. The molecule has 0 aliphatic heterocycles. The van der Waals surface area contributed by atoms with E-state index in [2.05, 4.69) is 15.3 Å². The molecule has 5 heteroatoms. The maximum Gasteiger partial charge on any atom is 0.142 e. The van der Waals surface area contributed by atoms with Gasteiger partial charge in [0.2, 0.25) is 0 Å². The summed E-state index contributed by atoms with van der Waals surface area (Å²) in [5.41, 5.74) is 8.46. The van der Waals surface area contributed by atoms with Crippen molar-refractivity contribution < 1.29 is 5.11 Å². The molecule has 1 aromatic heterocycles. The first-order chi connectivity index (χ1) is 7.79. The van der Waals surface area contributed by atoms with Gasteiger partial charge in [-0.15, -0.1) is 0 Å². The van der Waals surface area contributed by atoms with Gasteiger partial charge < -0.3 is 16.2 Å². The molecule has 0 saturated heterocycles. The second kappa shape index (κ2) is 5.99. The van der Waals surface area contributed by atoms with Crippen LogP contribution in [0.5, 0.6) is 0 Å². The van der Waals surface area contributed by atoms with E-state index in [1.54, 1.807) is 6.20 Å². The quantitative estimate of drug-likeness (QED) is 0.688. The van der Waals surface area contributed by atoms with Crippen LogP contribution in [-0.2, 0) is 6.54 Å². The number of anilines is 1. The van der Waals surface area contributed by atoms with E-state index in [1.807, 2.05) is 25.2 Å². The van der Waals surface area contributed by atoms with Crippen molar-refractivity contribution in [2.24, 2.45) is 0 Å². The number of aliphatic hydroxyl groups is 1. The van der Waals surface area contributed by atoms with E-state index >= 15 is 0 Å². The Balaban J connectivity index is 0.000000606. The molecule has 1 aromatic carbocycles. The van der Waals surface area contributed by atoms with Gasteiger partial charge in [0.1, 0.15) is 5.82 Å². The van der Waals surface area contributed by atoms with E-state index in [9.17, 15) is 0 Å². The van der Waals surface area contributed by atoms with Gasteiger partial charge >= 0.3 is 0 Å². The lowest BCUT2D eigenvalue weighted by Crippen LogP contribution is -2.05. The minimum absolute atomic E-state index is 0.458. The summed E-state index contributed by atoms with van der Waals surface area (Å²) in [6, 6.07) is 5.98. The fraction of sp³-hybridized carbons (Fsp3) is 0.273. The fourth-order valence-electron chi connectivity index (χ4n) is 1.39. The average molecular weight is 220 g/mol. The number of nitrogens with zero attached hydrogens (tertiary/aromatic N) is 2. The Labute approximate surface area is 94.3 Å². The van der Waals surface area contributed by atoms with E-state index in [-0.39, 0.29) is 0 Å². The molecule has 16 heavy (non-hydrogen) atoms. The Morgan fingerprint density at radius 1 is 1.31 bits per heavy atom. The van der Waals surface area contributed by atoms with Crippen molar-refractivity contribution in [1.29, 1.82) is 0 Å². The molecule has 5 nitrogen and oxygen atoms in total. The third-order valence-corrected chi connectivity index (χ3v) is 2.01. The molecule has 0 fully saturated rings. The molecular weight excluding hydrogens is 204 g/mol. The molecular formula is C11H16N4O. The van der Waals surface area contributed by atoms with Crippen LogP contribution in [0.1, 0.15) is 5.56 Å². The predicted octanol–water partition coefficient (Wildman–Crippen LogP) is 0.540. The highest BCUT2D eigenvalue weighted by Gasteiger charge is 1.98. The van der Waals surface area contributed by atoms with Crippen LogP contribution in [-0.4, -0.2) is 29.2 Å². The minimum atomic E-state index is 0.458. The third-order valence-electron chi connectivity index (χ3n) is 2.01. The number of nitrogen functional groups attached to an aromatic ring is 1. The normalized spacial score (nSPS) is 9.69. The molecule has 0 atom stereocenters. The first kappa shape index (κ1) is 12.4. The van der Waals surface area contributed by atoms with Gasteiger partial charge in [0.05, 0.1) is 17.2 Å². The molecule has 0 unspecified atom stereocenters. The molecule has 2 aromatic rings. The Morgan fingerprint density at radius 3 is 2.75 bits per heavy atom. The van der Waals surface area contributed by atoms with E-state index in [0.29, 0.717) is 5.82 Å². The topological polar surface area (TPSA) is 84.1 Å². The second-order valence-corrected chi connectivity index (χ2v) is 3.15. The van der Waals surface area contributed by atoms with E-state index < -0.39 is 0 Å². The zero-order chi connectivity index (χ0) is 12.0. The zero-order valence-corrected chi connectivity index (χ0v) is 9.44. The van der Waals surface area contributed by atoms with Crippen LogP contribution < -0.4 is 11.1 Å². The van der Waals surface area contributed by atoms with Crippen LogP contribution in [0.4, 0.5) is 5.82 Å². The third kappa shape index (κ3) is 2.88. The van der Waals surface area contributed by atoms with Crippen LogP contribution in [0.3, 0.4) is 0 Å². The number of nitrogens with one attached hydrogen (secondary N) is 1. The SMILES string of the molecule is CNCc1ccc2ncc(N)nc2c1.CO. The maximum absolute atomic E-state index is 7.00. The number of fused-ring (bicyclic) bond motifs is 1. The Morgan fingerprint density at radius 2 is 2.06 bits per heavy atom. The molecule has 0 saturated carbocycles. The van der Waals surface area contributed by atoms with Gasteiger partial charge in [-0.05, 0) is 24.7 Å². The van der Waals surface area contributed by atoms with Gasteiger partial charge in [0.15, 0.2) is 0 Å². The van der Waals surface area contributed by atoms with Crippen LogP contribution in [0.15, 0.2) is 24.4 Å². The van der Waals surface area contributed by atoms with Gasteiger partial charge in [0.25, 0.3) is 0 Å². The first-order valence-corrected chi connectivity index (χ1v) is 4.90. The van der Waals surface area contributed by atoms with Crippen LogP contribution in [0, 0.1) is 0 Å². The molecule has 86 valence electrons. The fourth-order valence-corrected chi connectivity index (χ4v) is 1.39. The summed E-state index contributed by atoms with van der Waals surface area (Å²) in [6.45, 7) is 0.826. The summed E-state index contributed by atoms with van der Waals surface area (Å²) < 4.78 is 0. The van der Waals surface area contributed by atoms with Crippen molar-refractivity contribution in [2.45, 2.75) is 6.54 Å². The molecule has 0 amide bonds. The predicted molar refractivity (Wildman–Crippen MR) is 64.9 cm³/mol. The number of hydrogen-bond donors (Lipinski definition) is 3. The van der Waals surface area contributed by atoms with Gasteiger partial charge in [-0.2, -0.15) is 0 Å². The summed E-state index contributed by atoms with van der Waals surface area (Å²) in [5, 5.41) is 10.1.